The van der Waals surface area contributed by atoms with Crippen LogP contribution in [0.4, 0.5) is 4.39 Å². The van der Waals surface area contributed by atoms with Gasteiger partial charge < -0.3 is 20.7 Å². The van der Waals surface area contributed by atoms with E-state index < -0.39 is 0 Å². The Balaban J connectivity index is 0.00000392. The highest BCUT2D eigenvalue weighted by Gasteiger charge is 2.04. The number of aliphatic imine (C=N–C) groups is 1. The van der Waals surface area contributed by atoms with Crippen molar-refractivity contribution in [2.75, 3.05) is 20.2 Å². The van der Waals surface area contributed by atoms with Gasteiger partial charge in [-0.15, -0.1) is 24.0 Å². The third-order valence-corrected chi connectivity index (χ3v) is 3.72. The fourth-order valence-corrected chi connectivity index (χ4v) is 2.32. The van der Waals surface area contributed by atoms with Gasteiger partial charge in [0.15, 0.2) is 5.96 Å². The van der Waals surface area contributed by atoms with Crippen LogP contribution in [0.15, 0.2) is 53.5 Å². The number of carbonyl (C=O) groups excluding carboxylic acids is 1. The molecular formula is C20H26FIN4O2. The lowest BCUT2D eigenvalue weighted by atomic mass is 10.2. The van der Waals surface area contributed by atoms with Gasteiger partial charge in [0.25, 0.3) is 0 Å². The van der Waals surface area contributed by atoms with E-state index in [1.165, 1.54) is 12.1 Å². The maximum Gasteiger partial charge on any atom is 0.239 e. The van der Waals surface area contributed by atoms with Gasteiger partial charge in [-0.25, -0.2) is 9.38 Å². The summed E-state index contributed by atoms with van der Waals surface area (Å²) in [5.41, 5.74) is 1.74. The maximum absolute atomic E-state index is 13.2. The van der Waals surface area contributed by atoms with Crippen molar-refractivity contribution >= 4 is 35.8 Å². The van der Waals surface area contributed by atoms with E-state index in [9.17, 15) is 9.18 Å². The number of carbonyl (C=O) groups is 1. The van der Waals surface area contributed by atoms with Gasteiger partial charge in [-0.3, -0.25) is 4.79 Å². The molecule has 28 heavy (non-hydrogen) atoms. The Morgan fingerprint density at radius 1 is 1.07 bits per heavy atom. The van der Waals surface area contributed by atoms with Crippen molar-refractivity contribution in [1.82, 2.24) is 16.0 Å². The summed E-state index contributed by atoms with van der Waals surface area (Å²) >= 11 is 0. The van der Waals surface area contributed by atoms with Crippen LogP contribution in [0, 0.1) is 5.82 Å². The SMILES string of the molecule is CCNC(=NCc1cccc(F)c1)NCC(=O)NCc1ccc(OC)cc1.I. The lowest BCUT2D eigenvalue weighted by molar-refractivity contribution is -0.120. The molecule has 0 unspecified atom stereocenters. The van der Waals surface area contributed by atoms with Crippen molar-refractivity contribution in [3.63, 3.8) is 0 Å². The second kappa shape index (κ2) is 12.9. The second-order valence-corrected chi connectivity index (χ2v) is 5.80. The molecule has 2 rings (SSSR count). The third kappa shape index (κ3) is 8.55. The van der Waals surface area contributed by atoms with Gasteiger partial charge >= 0.3 is 0 Å². The molecule has 3 N–H and O–H groups in total. The summed E-state index contributed by atoms with van der Waals surface area (Å²) in [6.45, 7) is 3.43. The van der Waals surface area contributed by atoms with E-state index in [0.29, 0.717) is 25.6 Å². The van der Waals surface area contributed by atoms with Crippen molar-refractivity contribution < 1.29 is 13.9 Å². The number of methoxy groups -OCH3 is 1. The molecule has 0 fully saturated rings. The first-order valence-electron chi connectivity index (χ1n) is 8.77. The largest absolute Gasteiger partial charge is 0.497 e. The number of amides is 1. The van der Waals surface area contributed by atoms with Crippen LogP contribution >= 0.6 is 24.0 Å². The van der Waals surface area contributed by atoms with Gasteiger partial charge in [0.2, 0.25) is 5.91 Å². The number of hydrogen-bond donors (Lipinski definition) is 3. The Labute approximate surface area is 182 Å². The van der Waals surface area contributed by atoms with E-state index in [1.807, 2.05) is 31.2 Å². The van der Waals surface area contributed by atoms with Crippen LogP contribution in [0.2, 0.25) is 0 Å². The molecule has 2 aromatic carbocycles. The molecule has 0 bridgehead atoms. The molecule has 0 spiro atoms. The summed E-state index contributed by atoms with van der Waals surface area (Å²) in [5, 5.41) is 8.87. The number of benzene rings is 2. The van der Waals surface area contributed by atoms with Crippen LogP contribution in [-0.4, -0.2) is 32.1 Å². The van der Waals surface area contributed by atoms with E-state index in [2.05, 4.69) is 20.9 Å². The lowest BCUT2D eigenvalue weighted by Gasteiger charge is -2.12. The molecule has 0 saturated carbocycles. The van der Waals surface area contributed by atoms with E-state index >= 15 is 0 Å². The number of halogens is 2. The number of hydrogen-bond acceptors (Lipinski definition) is 3. The van der Waals surface area contributed by atoms with Gasteiger partial charge in [0.1, 0.15) is 11.6 Å². The second-order valence-electron chi connectivity index (χ2n) is 5.80. The molecule has 0 radical (unpaired) electrons. The first-order valence-corrected chi connectivity index (χ1v) is 8.77. The highest BCUT2D eigenvalue weighted by Crippen LogP contribution is 2.10. The van der Waals surface area contributed by atoms with Crippen LogP contribution < -0.4 is 20.7 Å². The molecule has 6 nitrogen and oxygen atoms in total. The maximum atomic E-state index is 13.2. The minimum atomic E-state index is -0.293. The van der Waals surface area contributed by atoms with Gasteiger partial charge in [-0.2, -0.15) is 0 Å². The minimum Gasteiger partial charge on any atom is -0.497 e. The van der Waals surface area contributed by atoms with Gasteiger partial charge in [-0.1, -0.05) is 24.3 Å². The number of ether oxygens (including phenoxy) is 1. The van der Waals surface area contributed by atoms with E-state index in [0.717, 1.165) is 16.9 Å². The van der Waals surface area contributed by atoms with E-state index in [4.69, 9.17) is 4.74 Å². The van der Waals surface area contributed by atoms with Crippen molar-refractivity contribution in [3.8, 4) is 5.75 Å². The summed E-state index contributed by atoms with van der Waals surface area (Å²) in [6.07, 6.45) is 0. The Kier molecular flexibility index (Phi) is 10.9. The summed E-state index contributed by atoms with van der Waals surface area (Å²) in [5.74, 6) is 0.832. The number of nitrogens with one attached hydrogen (secondary N) is 3. The molecular weight excluding hydrogens is 474 g/mol. The van der Waals surface area contributed by atoms with Crippen molar-refractivity contribution in [2.24, 2.45) is 4.99 Å². The first kappa shape index (κ1) is 23.7. The zero-order chi connectivity index (χ0) is 19.5. The summed E-state index contributed by atoms with van der Waals surface area (Å²) in [6, 6.07) is 13.8. The van der Waals surface area contributed by atoms with Crippen LogP contribution in [0.3, 0.4) is 0 Å². The molecule has 1 amide bonds. The first-order chi connectivity index (χ1) is 13.1. The highest BCUT2D eigenvalue weighted by atomic mass is 127. The van der Waals surface area contributed by atoms with Crippen molar-refractivity contribution in [3.05, 3.63) is 65.5 Å². The Morgan fingerprint density at radius 2 is 1.82 bits per heavy atom. The van der Waals surface area contributed by atoms with E-state index in [1.54, 1.807) is 19.2 Å². The average molecular weight is 500 g/mol. The topological polar surface area (TPSA) is 74.8 Å². The fourth-order valence-electron chi connectivity index (χ4n) is 2.32. The van der Waals surface area contributed by atoms with Gasteiger partial charge in [0, 0.05) is 13.1 Å². The Hall–Kier alpha value is -2.36. The molecule has 152 valence electrons. The van der Waals surface area contributed by atoms with Crippen LogP contribution in [0.25, 0.3) is 0 Å². The summed E-state index contributed by atoms with van der Waals surface area (Å²) < 4.78 is 18.3. The Morgan fingerprint density at radius 3 is 2.46 bits per heavy atom. The zero-order valence-electron chi connectivity index (χ0n) is 16.0. The molecule has 0 aliphatic rings. The standard InChI is InChI=1S/C20H25FN4O2.HI/c1-3-22-20(24-13-16-5-4-6-17(21)11-16)25-14-19(26)23-12-15-7-9-18(27-2)10-8-15;/h4-11H,3,12-14H2,1-2H3,(H,23,26)(H2,22,24,25);1H. The number of nitrogens with zero attached hydrogens (tertiary/aromatic N) is 1. The molecule has 0 heterocycles. The molecule has 0 atom stereocenters. The normalized spacial score (nSPS) is 10.6. The van der Waals surface area contributed by atoms with Crippen LogP contribution in [0.5, 0.6) is 5.75 Å². The number of guanidine groups is 1. The van der Waals surface area contributed by atoms with Crippen LogP contribution in [0.1, 0.15) is 18.1 Å². The molecule has 2 aromatic rings. The minimum absolute atomic E-state index is 0. The highest BCUT2D eigenvalue weighted by molar-refractivity contribution is 14.0. The third-order valence-electron chi connectivity index (χ3n) is 3.72. The van der Waals surface area contributed by atoms with Crippen LogP contribution in [-0.2, 0) is 17.9 Å². The smallest absolute Gasteiger partial charge is 0.239 e. The van der Waals surface area contributed by atoms with Crippen molar-refractivity contribution in [1.29, 1.82) is 0 Å². The molecule has 8 heteroatoms. The Bertz CT molecular complexity index is 769. The molecule has 0 aliphatic carbocycles. The zero-order valence-corrected chi connectivity index (χ0v) is 18.3. The monoisotopic (exact) mass is 500 g/mol. The quantitative estimate of drug-likeness (QED) is 0.296. The molecule has 0 saturated heterocycles. The number of rotatable bonds is 8. The van der Waals surface area contributed by atoms with E-state index in [-0.39, 0.29) is 42.2 Å². The van der Waals surface area contributed by atoms with Gasteiger partial charge in [0.05, 0.1) is 20.2 Å². The average Bonchev–Trinajstić information content (AvgIpc) is 2.69. The molecule has 0 aromatic heterocycles. The summed E-state index contributed by atoms with van der Waals surface area (Å²) in [7, 11) is 1.61. The summed E-state index contributed by atoms with van der Waals surface area (Å²) in [4.78, 5) is 16.4. The lowest BCUT2D eigenvalue weighted by Crippen LogP contribution is -2.43. The predicted molar refractivity (Wildman–Crippen MR) is 119 cm³/mol. The predicted octanol–water partition coefficient (Wildman–Crippen LogP) is 2.82. The van der Waals surface area contributed by atoms with Gasteiger partial charge in [-0.05, 0) is 42.3 Å². The molecule has 0 aliphatic heterocycles. The van der Waals surface area contributed by atoms with Crippen molar-refractivity contribution in [2.45, 2.75) is 20.0 Å². The fraction of sp³-hybridized carbons (Fsp3) is 0.300.